The third kappa shape index (κ3) is 5.94. The molecule has 44 heavy (non-hydrogen) atoms. The number of fused-ring (bicyclic) bond motifs is 1. The number of aliphatic hydroxyl groups excluding tert-OH is 1. The van der Waals surface area contributed by atoms with Crippen molar-refractivity contribution in [3.05, 3.63) is 99.7 Å². The van der Waals surface area contributed by atoms with Crippen molar-refractivity contribution >= 4 is 40.3 Å². The van der Waals surface area contributed by atoms with Crippen LogP contribution in [0.2, 0.25) is 5.02 Å². The zero-order valence-corrected chi connectivity index (χ0v) is 26.6. The second kappa shape index (κ2) is 11.8. The van der Waals surface area contributed by atoms with Crippen LogP contribution in [0.4, 0.5) is 18.0 Å². The Balaban J connectivity index is 1.43. The quantitative estimate of drug-likeness (QED) is 0.162. The van der Waals surface area contributed by atoms with Crippen LogP contribution in [0.15, 0.2) is 66.7 Å². The minimum absolute atomic E-state index is 0.0321. The van der Waals surface area contributed by atoms with Gasteiger partial charge in [-0.15, -0.1) is 0 Å². The summed E-state index contributed by atoms with van der Waals surface area (Å²) in [5, 5.41) is 15.9. The van der Waals surface area contributed by atoms with E-state index >= 15 is 0 Å². The van der Waals surface area contributed by atoms with E-state index in [1.807, 2.05) is 42.5 Å². The van der Waals surface area contributed by atoms with Crippen LogP contribution in [0.5, 0.6) is 0 Å². The van der Waals surface area contributed by atoms with Crippen molar-refractivity contribution in [1.29, 1.82) is 0 Å². The number of amidine groups is 1. The molecular formula is C31H28ClF3IN5O3. The number of alkyl halides is 5. The van der Waals surface area contributed by atoms with Crippen molar-refractivity contribution in [2.24, 2.45) is 0 Å². The predicted molar refractivity (Wildman–Crippen MR) is 155 cm³/mol. The monoisotopic (exact) mass is 737 g/mol. The molecule has 0 radical (unpaired) electrons. The van der Waals surface area contributed by atoms with Gasteiger partial charge in [-0.2, -0.15) is 0 Å². The molecule has 1 saturated heterocycles. The minimum atomic E-state index is -4.87. The fourth-order valence-corrected chi connectivity index (χ4v) is 7.08. The molecule has 3 aromatic carbocycles. The number of rotatable bonds is 9. The second-order valence-corrected chi connectivity index (χ2v) is 14.6. The molecule has 8 nitrogen and oxygen atoms in total. The van der Waals surface area contributed by atoms with E-state index in [2.05, 4.69) is 0 Å². The van der Waals surface area contributed by atoms with Gasteiger partial charge in [-0.05, 0) is 11.6 Å². The predicted octanol–water partition coefficient (Wildman–Crippen LogP) is 1.90. The Bertz CT molecular complexity index is 1800. The Morgan fingerprint density at radius 1 is 1.16 bits per heavy atom. The number of amides is 3. The molecule has 0 aliphatic carbocycles. The molecule has 4 aromatic rings. The number of urea groups is 1. The fraction of sp³-hybridized carbons (Fsp3) is 0.290. The van der Waals surface area contributed by atoms with Gasteiger partial charge >= 0.3 is 186 Å². The van der Waals surface area contributed by atoms with E-state index in [1.54, 1.807) is 43.0 Å². The Morgan fingerprint density at radius 3 is 2.50 bits per heavy atom. The molecule has 1 unspecified atom stereocenters. The molecule has 0 spiro atoms. The standard InChI is InChI=1S/C31H28ClF3IN5O3/c1-38(2)29(43)20-11-12-22-25(37-41(26(22)13-20)15-21-5-3-4-6-23(21)32)16-39-28(19-9-7-18(8-10-19)24-14-36-24)40(30(39)44)17-27(42)31(33,34)35/h3-13,24,27,42H,14-17H2,1-2H3/t24?,27-/m0/s1. The normalized spacial score (nSPS) is 17.4. The molecular weight excluding hydrogens is 710 g/mol. The number of β-amino-alcohol motifs (C(OH)–C–C–N with tert-alkyl or cyclic N) is 1. The van der Waals surface area contributed by atoms with Crippen LogP contribution in [-0.2, 0) is 13.1 Å². The number of hydrogen-bond acceptors (Lipinski definition) is 4. The summed E-state index contributed by atoms with van der Waals surface area (Å²) in [6, 6.07) is 19.4. The first-order valence-electron chi connectivity index (χ1n) is 13.8. The number of carbonyl (C=O) groups excluding carboxylic acids is 2. The van der Waals surface area contributed by atoms with Crippen LogP contribution in [-0.4, -0.2) is 84.4 Å². The van der Waals surface area contributed by atoms with Crippen molar-refractivity contribution in [2.45, 2.75) is 29.3 Å². The second-order valence-electron chi connectivity index (χ2n) is 10.9. The average Bonchev–Trinajstić information content (AvgIpc) is 3.79. The molecule has 3 amide bonds. The van der Waals surface area contributed by atoms with Crippen molar-refractivity contribution in [2.75, 3.05) is 25.1 Å². The summed E-state index contributed by atoms with van der Waals surface area (Å²) in [6.45, 7) is -0.660. The van der Waals surface area contributed by atoms with Crippen LogP contribution >= 0.6 is 11.6 Å². The number of aliphatic hydroxyl groups is 1. The van der Waals surface area contributed by atoms with Crippen LogP contribution in [0.3, 0.4) is 0 Å². The van der Waals surface area contributed by atoms with Gasteiger partial charge in [0.05, 0.1) is 0 Å². The summed E-state index contributed by atoms with van der Waals surface area (Å²) in [5.74, 6) is 0.0756. The van der Waals surface area contributed by atoms with E-state index in [9.17, 15) is 27.9 Å². The molecule has 1 aromatic heterocycles. The van der Waals surface area contributed by atoms with Crippen molar-refractivity contribution in [3.8, 4) is 0 Å². The van der Waals surface area contributed by atoms with Gasteiger partial charge in [0.25, 0.3) is 5.91 Å². The summed E-state index contributed by atoms with van der Waals surface area (Å²) in [7, 11) is 3.32. The third-order valence-electron chi connectivity index (χ3n) is 7.61. The summed E-state index contributed by atoms with van der Waals surface area (Å²) < 4.78 is 44.7. The van der Waals surface area contributed by atoms with E-state index < -0.39 is 24.9 Å². The van der Waals surface area contributed by atoms with E-state index in [4.69, 9.17) is 16.7 Å². The number of benzene rings is 3. The average molecular weight is 738 g/mol. The summed E-state index contributed by atoms with van der Waals surface area (Å²) >= 11 is 6.60. The van der Waals surface area contributed by atoms with E-state index in [1.165, 1.54) is 19.5 Å². The molecule has 0 saturated carbocycles. The Hall–Kier alpha value is -3.49. The van der Waals surface area contributed by atoms with Gasteiger partial charge in [-0.1, -0.05) is 29.8 Å². The van der Waals surface area contributed by atoms with Gasteiger partial charge in [0.2, 0.25) is 0 Å². The summed E-state index contributed by atoms with van der Waals surface area (Å²) in [5.41, 5.74) is 4.15. The van der Waals surface area contributed by atoms with Crippen LogP contribution in [0.25, 0.3) is 10.9 Å². The maximum absolute atomic E-state index is 13.3. The van der Waals surface area contributed by atoms with Crippen molar-refractivity contribution < 1.29 is 53.6 Å². The Labute approximate surface area is 266 Å². The molecule has 0 bridgehead atoms. The number of halogens is 5. The molecule has 6 rings (SSSR count). The Morgan fingerprint density at radius 2 is 1.86 bits per heavy atom. The molecule has 3 heterocycles. The molecule has 2 aliphatic rings. The van der Waals surface area contributed by atoms with Gasteiger partial charge < -0.3 is 4.90 Å². The van der Waals surface area contributed by atoms with Gasteiger partial charge in [0, 0.05) is 24.7 Å². The van der Waals surface area contributed by atoms with Gasteiger partial charge in [-0.3, -0.25) is 4.79 Å². The first kappa shape index (κ1) is 30.5. The molecule has 1 N–H and O–H groups in total. The summed E-state index contributed by atoms with van der Waals surface area (Å²) in [6.07, 6.45) is -7.57. The fourth-order valence-electron chi connectivity index (χ4n) is 5.20. The van der Waals surface area contributed by atoms with E-state index in [0.717, 1.165) is 10.5 Å². The topological polar surface area (TPSA) is 81.7 Å². The Kier molecular flexibility index (Phi) is 8.18. The van der Waals surface area contributed by atoms with Crippen LogP contribution < -0.4 is 21.2 Å². The van der Waals surface area contributed by atoms with Crippen molar-refractivity contribution in [1.82, 2.24) is 19.6 Å². The van der Waals surface area contributed by atoms with Crippen LogP contribution in [0, 0.1) is 0 Å². The van der Waals surface area contributed by atoms with Crippen molar-refractivity contribution in [3.63, 3.8) is 0 Å². The van der Waals surface area contributed by atoms with E-state index in [-0.39, 0.29) is 46.0 Å². The van der Waals surface area contributed by atoms with E-state index in [0.29, 0.717) is 36.7 Å². The van der Waals surface area contributed by atoms with Gasteiger partial charge in [-0.25, -0.2) is 0 Å². The zero-order chi connectivity index (χ0) is 31.3. The molecule has 2 atom stereocenters. The molecule has 2 aliphatic heterocycles. The SMILES string of the molecule is CN(C)C(=O)c1ccc2c(C[N+]3=C(c4ccc(C5C[I-]5)cc4)N(C[C@H](O)C(F)(F)F)C3=O)nn(Cc3ccccc3Cl)c2c1. The van der Waals surface area contributed by atoms with Crippen LogP contribution in [0.1, 0.15) is 36.7 Å². The molecule has 1 fully saturated rings. The number of nitrogens with zero attached hydrogens (tertiary/aromatic N) is 5. The van der Waals surface area contributed by atoms with Gasteiger partial charge in [0.15, 0.2) is 0 Å². The molecule has 230 valence electrons. The number of carbonyl (C=O) groups is 2. The maximum atomic E-state index is 13.3. The van der Waals surface area contributed by atoms with Gasteiger partial charge in [0.1, 0.15) is 0 Å². The first-order valence-corrected chi connectivity index (χ1v) is 16.9. The zero-order valence-electron chi connectivity index (χ0n) is 23.7. The first-order chi connectivity index (χ1) is 20.9. The summed E-state index contributed by atoms with van der Waals surface area (Å²) in [4.78, 5) is 28.6. The molecule has 13 heteroatoms. The third-order valence-corrected chi connectivity index (χ3v) is 10.5. The number of hydrogen-bond donors (Lipinski definition) is 1. The number of aromatic nitrogens is 2.